The van der Waals surface area contributed by atoms with Gasteiger partial charge in [-0.3, -0.25) is 4.79 Å². The Labute approximate surface area is 186 Å². The van der Waals surface area contributed by atoms with E-state index in [2.05, 4.69) is 41.5 Å². The molecule has 0 aliphatic heterocycles. The SMILES string of the molecule is COc1cc2c(cc1OC)CC(CCCN(C)CCc1ccc(NC(C)=O)cc1)CC2. The number of likely N-dealkylation sites (N-methyl/N-ethyl adjacent to an activating group) is 1. The zero-order valence-corrected chi connectivity index (χ0v) is 19.4. The van der Waals surface area contributed by atoms with E-state index in [9.17, 15) is 4.79 Å². The number of ether oxygens (including phenoxy) is 2. The molecule has 1 unspecified atom stereocenters. The highest BCUT2D eigenvalue weighted by atomic mass is 16.5. The number of carbonyl (C=O) groups excluding carboxylic acids is 1. The molecule has 0 saturated heterocycles. The van der Waals surface area contributed by atoms with Crippen LogP contribution in [0.1, 0.15) is 42.9 Å². The molecule has 0 saturated carbocycles. The van der Waals surface area contributed by atoms with E-state index in [1.54, 1.807) is 14.2 Å². The molecular weight excluding hydrogens is 388 g/mol. The second kappa shape index (κ2) is 11.2. The Morgan fingerprint density at radius 3 is 2.39 bits per heavy atom. The fourth-order valence-corrected chi connectivity index (χ4v) is 4.44. The second-order valence-corrected chi connectivity index (χ2v) is 8.66. The van der Waals surface area contributed by atoms with Gasteiger partial charge in [0.05, 0.1) is 14.2 Å². The Morgan fingerprint density at radius 2 is 1.74 bits per heavy atom. The Morgan fingerprint density at radius 1 is 1.06 bits per heavy atom. The minimum atomic E-state index is -0.0344. The molecule has 1 amide bonds. The molecule has 168 valence electrons. The third kappa shape index (κ3) is 6.73. The van der Waals surface area contributed by atoms with Gasteiger partial charge in [-0.05, 0) is 99.0 Å². The van der Waals surface area contributed by atoms with Crippen molar-refractivity contribution in [2.24, 2.45) is 5.92 Å². The number of nitrogens with zero attached hydrogens (tertiary/aromatic N) is 1. The van der Waals surface area contributed by atoms with E-state index in [-0.39, 0.29) is 5.91 Å². The van der Waals surface area contributed by atoms with Crippen molar-refractivity contribution in [2.75, 3.05) is 39.7 Å². The van der Waals surface area contributed by atoms with Gasteiger partial charge in [0.15, 0.2) is 11.5 Å². The number of nitrogens with one attached hydrogen (secondary N) is 1. The zero-order chi connectivity index (χ0) is 22.2. The van der Waals surface area contributed by atoms with E-state index in [1.165, 1.54) is 42.9 Å². The molecule has 0 heterocycles. The van der Waals surface area contributed by atoms with E-state index in [1.807, 2.05) is 12.1 Å². The predicted octanol–water partition coefficient (Wildman–Crippen LogP) is 4.72. The van der Waals surface area contributed by atoms with Crippen molar-refractivity contribution in [3.63, 3.8) is 0 Å². The molecule has 2 aromatic rings. The van der Waals surface area contributed by atoms with Crippen LogP contribution in [0.15, 0.2) is 36.4 Å². The number of rotatable bonds is 10. The van der Waals surface area contributed by atoms with Crippen LogP contribution < -0.4 is 14.8 Å². The summed E-state index contributed by atoms with van der Waals surface area (Å²) in [5.41, 5.74) is 4.99. The molecule has 0 bridgehead atoms. The van der Waals surface area contributed by atoms with Crippen LogP contribution in [0.25, 0.3) is 0 Å². The van der Waals surface area contributed by atoms with Gasteiger partial charge in [0.2, 0.25) is 5.91 Å². The summed E-state index contributed by atoms with van der Waals surface area (Å²) in [7, 11) is 5.62. The summed E-state index contributed by atoms with van der Waals surface area (Å²) < 4.78 is 10.9. The van der Waals surface area contributed by atoms with Crippen molar-refractivity contribution in [2.45, 2.75) is 45.4 Å². The lowest BCUT2D eigenvalue weighted by Crippen LogP contribution is -2.23. The summed E-state index contributed by atoms with van der Waals surface area (Å²) in [6.45, 7) is 3.70. The Hall–Kier alpha value is -2.53. The topological polar surface area (TPSA) is 50.8 Å². The van der Waals surface area contributed by atoms with Crippen molar-refractivity contribution in [1.29, 1.82) is 0 Å². The number of fused-ring (bicyclic) bond motifs is 1. The van der Waals surface area contributed by atoms with Gasteiger partial charge in [-0.15, -0.1) is 0 Å². The summed E-state index contributed by atoms with van der Waals surface area (Å²) in [5, 5.41) is 2.81. The zero-order valence-electron chi connectivity index (χ0n) is 19.4. The number of anilines is 1. The quantitative estimate of drug-likeness (QED) is 0.599. The van der Waals surface area contributed by atoms with Crippen LogP contribution >= 0.6 is 0 Å². The van der Waals surface area contributed by atoms with Gasteiger partial charge in [-0.2, -0.15) is 0 Å². The maximum absolute atomic E-state index is 11.1. The lowest BCUT2D eigenvalue weighted by atomic mass is 9.81. The van der Waals surface area contributed by atoms with Gasteiger partial charge in [-0.25, -0.2) is 0 Å². The summed E-state index contributed by atoms with van der Waals surface area (Å²) in [6, 6.07) is 12.5. The molecule has 1 N–H and O–H groups in total. The number of hydrogen-bond acceptors (Lipinski definition) is 4. The molecule has 5 heteroatoms. The van der Waals surface area contributed by atoms with Crippen LogP contribution in [-0.2, 0) is 24.1 Å². The van der Waals surface area contributed by atoms with Crippen LogP contribution in [-0.4, -0.2) is 45.2 Å². The molecule has 2 aromatic carbocycles. The van der Waals surface area contributed by atoms with Gasteiger partial charge in [0, 0.05) is 19.2 Å². The first kappa shape index (κ1) is 23.1. The van der Waals surface area contributed by atoms with Crippen molar-refractivity contribution in [3.05, 3.63) is 53.1 Å². The average molecular weight is 425 g/mol. The normalized spacial score (nSPS) is 15.5. The van der Waals surface area contributed by atoms with Crippen molar-refractivity contribution < 1.29 is 14.3 Å². The maximum atomic E-state index is 11.1. The summed E-state index contributed by atoms with van der Waals surface area (Å²) in [6.07, 6.45) is 7.04. The molecular formula is C26H36N2O3. The van der Waals surface area contributed by atoms with Crippen LogP contribution in [0.2, 0.25) is 0 Å². The Bertz CT molecular complexity index is 864. The highest BCUT2D eigenvalue weighted by molar-refractivity contribution is 5.88. The van der Waals surface area contributed by atoms with Crippen LogP contribution in [0.4, 0.5) is 5.69 Å². The largest absolute Gasteiger partial charge is 0.493 e. The first-order chi connectivity index (χ1) is 15.0. The highest BCUT2D eigenvalue weighted by Crippen LogP contribution is 2.36. The smallest absolute Gasteiger partial charge is 0.221 e. The van der Waals surface area contributed by atoms with Crippen molar-refractivity contribution >= 4 is 11.6 Å². The van der Waals surface area contributed by atoms with Gasteiger partial charge in [0.1, 0.15) is 0 Å². The molecule has 0 radical (unpaired) electrons. The number of carbonyl (C=O) groups is 1. The number of amides is 1. The number of hydrogen-bond donors (Lipinski definition) is 1. The molecule has 1 aliphatic carbocycles. The number of benzene rings is 2. The number of methoxy groups -OCH3 is 2. The molecule has 5 nitrogen and oxygen atoms in total. The molecule has 31 heavy (non-hydrogen) atoms. The van der Waals surface area contributed by atoms with E-state index >= 15 is 0 Å². The molecule has 0 spiro atoms. The standard InChI is InChI=1S/C26H36N2O3/c1-19(29)27-24-11-8-20(9-12-24)13-15-28(2)14-5-6-21-7-10-22-17-25(30-3)26(31-4)18-23(22)16-21/h8-9,11-12,17-18,21H,5-7,10,13-16H2,1-4H3,(H,27,29). The van der Waals surface area contributed by atoms with Crippen LogP contribution in [0, 0.1) is 5.92 Å². The second-order valence-electron chi connectivity index (χ2n) is 8.66. The summed E-state index contributed by atoms with van der Waals surface area (Å²) in [4.78, 5) is 13.5. The van der Waals surface area contributed by atoms with E-state index in [0.717, 1.165) is 55.5 Å². The minimum absolute atomic E-state index is 0.0344. The monoisotopic (exact) mass is 424 g/mol. The minimum Gasteiger partial charge on any atom is -0.493 e. The third-order valence-electron chi connectivity index (χ3n) is 6.25. The number of aryl methyl sites for hydroxylation is 1. The van der Waals surface area contributed by atoms with E-state index in [4.69, 9.17) is 9.47 Å². The summed E-state index contributed by atoms with van der Waals surface area (Å²) >= 11 is 0. The van der Waals surface area contributed by atoms with Gasteiger partial charge >= 0.3 is 0 Å². The average Bonchev–Trinajstić information content (AvgIpc) is 2.77. The molecule has 3 rings (SSSR count). The predicted molar refractivity (Wildman–Crippen MR) is 126 cm³/mol. The Balaban J connectivity index is 1.40. The van der Waals surface area contributed by atoms with Crippen molar-refractivity contribution in [1.82, 2.24) is 4.90 Å². The summed E-state index contributed by atoms with van der Waals surface area (Å²) in [5.74, 6) is 2.39. The lowest BCUT2D eigenvalue weighted by molar-refractivity contribution is -0.114. The molecule has 0 fully saturated rings. The van der Waals surface area contributed by atoms with E-state index in [0.29, 0.717) is 0 Å². The highest BCUT2D eigenvalue weighted by Gasteiger charge is 2.21. The maximum Gasteiger partial charge on any atom is 0.221 e. The molecule has 1 atom stereocenters. The Kier molecular flexibility index (Phi) is 8.35. The van der Waals surface area contributed by atoms with Crippen molar-refractivity contribution in [3.8, 4) is 11.5 Å². The van der Waals surface area contributed by atoms with Gasteiger partial charge < -0.3 is 19.7 Å². The molecule has 1 aliphatic rings. The first-order valence-electron chi connectivity index (χ1n) is 11.3. The third-order valence-corrected chi connectivity index (χ3v) is 6.25. The van der Waals surface area contributed by atoms with Crippen LogP contribution in [0.3, 0.4) is 0 Å². The van der Waals surface area contributed by atoms with Crippen LogP contribution in [0.5, 0.6) is 11.5 Å². The fourth-order valence-electron chi connectivity index (χ4n) is 4.44. The lowest BCUT2D eigenvalue weighted by Gasteiger charge is -2.26. The molecule has 0 aromatic heterocycles. The van der Waals surface area contributed by atoms with Gasteiger partial charge in [0.25, 0.3) is 0 Å². The fraction of sp³-hybridized carbons (Fsp3) is 0.500. The van der Waals surface area contributed by atoms with E-state index < -0.39 is 0 Å². The first-order valence-corrected chi connectivity index (χ1v) is 11.3. The van der Waals surface area contributed by atoms with Gasteiger partial charge in [-0.1, -0.05) is 12.1 Å².